The van der Waals surface area contributed by atoms with Crippen molar-refractivity contribution in [2.45, 2.75) is 39.2 Å². The Balaban J connectivity index is 2.25. The molecule has 1 unspecified atom stereocenters. The molecule has 1 heterocycles. The lowest BCUT2D eigenvalue weighted by Gasteiger charge is -2.30. The molecule has 0 spiro atoms. The van der Waals surface area contributed by atoms with E-state index in [0.717, 1.165) is 19.3 Å². The van der Waals surface area contributed by atoms with Crippen LogP contribution in [-0.4, -0.2) is 4.90 Å². The zero-order valence-corrected chi connectivity index (χ0v) is 10.5. The molecule has 0 aromatic heterocycles. The maximum Gasteiger partial charge on any atom is 0.184 e. The smallest absolute Gasteiger partial charge is 0.184 e. The van der Waals surface area contributed by atoms with E-state index in [0.29, 0.717) is 0 Å². The third kappa shape index (κ3) is 2.50. The van der Waals surface area contributed by atoms with Crippen LogP contribution in [0.1, 0.15) is 43.4 Å². The molecule has 1 aromatic rings. The summed E-state index contributed by atoms with van der Waals surface area (Å²) in [6.07, 6.45) is 7.49. The topological polar surface area (TPSA) is 27.0 Å². The Morgan fingerprint density at radius 3 is 2.65 bits per heavy atom. The lowest BCUT2D eigenvalue weighted by Crippen LogP contribution is -2.22. The van der Waals surface area contributed by atoms with Crippen LogP contribution in [-0.2, 0) is 0 Å². The summed E-state index contributed by atoms with van der Waals surface area (Å²) >= 11 is 0. The molecule has 88 valence electrons. The van der Waals surface area contributed by atoms with Crippen LogP contribution in [0.25, 0.3) is 0 Å². The number of rotatable bonds is 2. The van der Waals surface area contributed by atoms with Crippen molar-refractivity contribution < 1.29 is 0 Å². The van der Waals surface area contributed by atoms with Crippen molar-refractivity contribution in [2.75, 3.05) is 0 Å². The van der Waals surface area contributed by atoms with Crippen molar-refractivity contribution in [1.29, 1.82) is 5.26 Å². The predicted molar refractivity (Wildman–Crippen MR) is 69.0 cm³/mol. The van der Waals surface area contributed by atoms with Crippen molar-refractivity contribution in [1.82, 2.24) is 4.90 Å². The number of benzene rings is 1. The fourth-order valence-corrected chi connectivity index (χ4v) is 2.29. The molecule has 0 saturated heterocycles. The van der Waals surface area contributed by atoms with E-state index >= 15 is 0 Å². The molecule has 1 aromatic carbocycles. The largest absolute Gasteiger partial charge is 0.279 e. The lowest BCUT2D eigenvalue weighted by molar-refractivity contribution is 0.339. The number of nitriles is 1. The highest BCUT2D eigenvalue weighted by Crippen LogP contribution is 2.32. The first kappa shape index (κ1) is 11.7. The monoisotopic (exact) mass is 226 g/mol. The van der Waals surface area contributed by atoms with Crippen molar-refractivity contribution in [3.8, 4) is 6.19 Å². The minimum absolute atomic E-state index is 0.218. The second-order valence-corrected chi connectivity index (χ2v) is 4.61. The number of nitrogens with zero attached hydrogens (tertiary/aromatic N) is 2. The molecule has 0 aliphatic carbocycles. The van der Waals surface area contributed by atoms with Gasteiger partial charge in [0.2, 0.25) is 0 Å². The molecule has 2 nitrogen and oxygen atoms in total. The molecule has 17 heavy (non-hydrogen) atoms. The maximum absolute atomic E-state index is 9.22. The van der Waals surface area contributed by atoms with Gasteiger partial charge in [-0.15, -0.1) is 0 Å². The van der Waals surface area contributed by atoms with Gasteiger partial charge in [0.15, 0.2) is 6.19 Å². The van der Waals surface area contributed by atoms with Gasteiger partial charge in [-0.3, -0.25) is 4.90 Å². The van der Waals surface area contributed by atoms with Gasteiger partial charge >= 0.3 is 0 Å². The van der Waals surface area contributed by atoms with Gasteiger partial charge in [-0.05, 0) is 31.7 Å². The maximum atomic E-state index is 9.22. The van der Waals surface area contributed by atoms with Crippen molar-refractivity contribution in [2.24, 2.45) is 0 Å². The molecule has 2 rings (SSSR count). The molecule has 0 saturated carbocycles. The fourth-order valence-electron chi connectivity index (χ4n) is 2.29. The number of hydrogen-bond donors (Lipinski definition) is 0. The molecule has 1 aliphatic rings. The molecule has 1 aliphatic heterocycles. The summed E-state index contributed by atoms with van der Waals surface area (Å²) < 4.78 is 0. The highest BCUT2D eigenvalue weighted by atomic mass is 15.1. The van der Waals surface area contributed by atoms with Crippen LogP contribution in [0.3, 0.4) is 0 Å². The van der Waals surface area contributed by atoms with E-state index in [9.17, 15) is 5.26 Å². The Kier molecular flexibility index (Phi) is 3.49. The molecule has 0 amide bonds. The van der Waals surface area contributed by atoms with Gasteiger partial charge < -0.3 is 0 Å². The molecule has 0 N–H and O–H groups in total. The molecule has 0 fully saturated rings. The number of aryl methyl sites for hydroxylation is 1. The molecule has 2 heteroatoms. The van der Waals surface area contributed by atoms with E-state index in [2.05, 4.69) is 44.3 Å². The van der Waals surface area contributed by atoms with E-state index in [4.69, 9.17) is 0 Å². The average molecular weight is 226 g/mol. The van der Waals surface area contributed by atoms with Crippen LogP contribution >= 0.6 is 0 Å². The minimum atomic E-state index is 0.218. The van der Waals surface area contributed by atoms with Crippen LogP contribution in [0.15, 0.2) is 36.0 Å². The fraction of sp³-hybridized carbons (Fsp3) is 0.400. The minimum Gasteiger partial charge on any atom is -0.279 e. The average Bonchev–Trinajstić information content (AvgIpc) is 2.39. The molecular formula is C15H18N2. The van der Waals surface area contributed by atoms with Gasteiger partial charge in [0, 0.05) is 6.20 Å². The first-order valence-electron chi connectivity index (χ1n) is 6.18. The standard InChI is InChI=1S/C15H18N2/c1-3-13-6-9-15(17(10-13)11-16)14-7-4-12(2)5-8-14/h4-5,7-8,10,15H,3,6,9H2,1-2H3. The van der Waals surface area contributed by atoms with Crippen molar-refractivity contribution in [3.05, 3.63) is 47.2 Å². The first-order chi connectivity index (χ1) is 8.24. The van der Waals surface area contributed by atoms with E-state index in [1.807, 2.05) is 6.20 Å². The van der Waals surface area contributed by atoms with Gasteiger partial charge in [-0.25, -0.2) is 0 Å². The zero-order chi connectivity index (χ0) is 12.3. The van der Waals surface area contributed by atoms with Crippen LogP contribution in [0.4, 0.5) is 0 Å². The summed E-state index contributed by atoms with van der Waals surface area (Å²) in [7, 11) is 0. The van der Waals surface area contributed by atoms with Gasteiger partial charge in [0.05, 0.1) is 6.04 Å². The Labute approximate surface area is 103 Å². The summed E-state index contributed by atoms with van der Waals surface area (Å²) in [5.74, 6) is 0. The Morgan fingerprint density at radius 2 is 2.06 bits per heavy atom. The van der Waals surface area contributed by atoms with Crippen molar-refractivity contribution >= 4 is 0 Å². The lowest BCUT2D eigenvalue weighted by atomic mass is 9.93. The van der Waals surface area contributed by atoms with E-state index in [1.54, 1.807) is 4.90 Å². The van der Waals surface area contributed by atoms with E-state index < -0.39 is 0 Å². The normalized spacial score (nSPS) is 19.7. The van der Waals surface area contributed by atoms with E-state index in [1.165, 1.54) is 16.7 Å². The summed E-state index contributed by atoms with van der Waals surface area (Å²) in [5.41, 5.74) is 3.87. The van der Waals surface area contributed by atoms with Crippen LogP contribution < -0.4 is 0 Å². The van der Waals surface area contributed by atoms with Crippen LogP contribution in [0.2, 0.25) is 0 Å². The summed E-state index contributed by atoms with van der Waals surface area (Å²) in [6, 6.07) is 8.72. The van der Waals surface area contributed by atoms with Gasteiger partial charge in [-0.2, -0.15) is 5.26 Å². The van der Waals surface area contributed by atoms with Crippen LogP contribution in [0, 0.1) is 18.4 Å². The number of hydrogen-bond acceptors (Lipinski definition) is 2. The number of allylic oxidation sites excluding steroid dienone is 1. The van der Waals surface area contributed by atoms with Gasteiger partial charge in [0.1, 0.15) is 0 Å². The Bertz CT molecular complexity index is 451. The molecule has 0 radical (unpaired) electrons. The van der Waals surface area contributed by atoms with E-state index in [-0.39, 0.29) is 6.04 Å². The summed E-state index contributed by atoms with van der Waals surface area (Å²) in [4.78, 5) is 1.80. The molecule has 0 bridgehead atoms. The highest BCUT2D eigenvalue weighted by molar-refractivity contribution is 5.27. The Hall–Kier alpha value is -1.75. The summed E-state index contributed by atoms with van der Waals surface area (Å²) in [6.45, 7) is 4.23. The zero-order valence-electron chi connectivity index (χ0n) is 10.5. The molecule has 1 atom stereocenters. The summed E-state index contributed by atoms with van der Waals surface area (Å²) in [5, 5.41) is 9.22. The second-order valence-electron chi connectivity index (χ2n) is 4.61. The molecular weight excluding hydrogens is 208 g/mol. The Morgan fingerprint density at radius 1 is 1.35 bits per heavy atom. The highest BCUT2D eigenvalue weighted by Gasteiger charge is 2.22. The second kappa shape index (κ2) is 5.05. The third-order valence-electron chi connectivity index (χ3n) is 3.43. The quantitative estimate of drug-likeness (QED) is 0.715. The third-order valence-corrected chi connectivity index (χ3v) is 3.43. The van der Waals surface area contributed by atoms with Crippen molar-refractivity contribution in [3.63, 3.8) is 0 Å². The van der Waals surface area contributed by atoms with Crippen LogP contribution in [0.5, 0.6) is 0 Å². The van der Waals surface area contributed by atoms with Gasteiger partial charge in [-0.1, -0.05) is 42.3 Å². The first-order valence-corrected chi connectivity index (χ1v) is 6.18. The van der Waals surface area contributed by atoms with Gasteiger partial charge in [0.25, 0.3) is 0 Å². The SMILES string of the molecule is CCC1=CN(C#N)C(c2ccc(C)cc2)CC1. The predicted octanol–water partition coefficient (Wildman–Crippen LogP) is 3.91.